The van der Waals surface area contributed by atoms with Crippen molar-refractivity contribution in [2.45, 2.75) is 13.3 Å². The van der Waals surface area contributed by atoms with E-state index in [0.717, 1.165) is 12.1 Å². The SMILES string of the molecule is CCOC(=O)C=Cc1ccc(OC(F)(F)F)c(Cl)c1. The predicted octanol–water partition coefficient (Wildman–Crippen LogP) is 3.81. The average Bonchev–Trinajstić information content (AvgIpc) is 2.28. The number of hydrogen-bond acceptors (Lipinski definition) is 3. The first kappa shape index (κ1) is 15.4. The second-order valence-corrected chi connectivity index (χ2v) is 3.73. The van der Waals surface area contributed by atoms with Gasteiger partial charge in [0.2, 0.25) is 0 Å². The highest BCUT2D eigenvalue weighted by Crippen LogP contribution is 2.30. The molecule has 0 unspecified atom stereocenters. The van der Waals surface area contributed by atoms with E-state index in [-0.39, 0.29) is 11.6 Å². The fourth-order valence-corrected chi connectivity index (χ4v) is 1.41. The summed E-state index contributed by atoms with van der Waals surface area (Å²) in [6, 6.07) is 3.65. The van der Waals surface area contributed by atoms with Crippen LogP contribution in [-0.2, 0) is 9.53 Å². The summed E-state index contributed by atoms with van der Waals surface area (Å²) < 4.78 is 44.4. The largest absolute Gasteiger partial charge is 0.573 e. The standard InChI is InChI=1S/C12H10ClF3O3/c1-2-18-11(17)6-4-8-3-5-10(9(13)7-8)19-12(14,15)16/h3-7H,2H2,1H3. The zero-order chi connectivity index (χ0) is 14.5. The number of carbonyl (C=O) groups excluding carboxylic acids is 1. The minimum atomic E-state index is -4.80. The molecule has 0 saturated heterocycles. The monoisotopic (exact) mass is 294 g/mol. The van der Waals surface area contributed by atoms with Crippen LogP contribution >= 0.6 is 11.6 Å². The molecule has 0 aromatic heterocycles. The molecule has 1 rings (SSSR count). The number of halogens is 4. The number of carbonyl (C=O) groups is 1. The molecule has 0 spiro atoms. The van der Waals surface area contributed by atoms with E-state index < -0.39 is 18.1 Å². The zero-order valence-corrected chi connectivity index (χ0v) is 10.6. The summed E-state index contributed by atoms with van der Waals surface area (Å²) in [6.07, 6.45) is -2.27. The van der Waals surface area contributed by atoms with Crippen molar-refractivity contribution in [1.29, 1.82) is 0 Å². The Morgan fingerprint density at radius 1 is 1.42 bits per heavy atom. The van der Waals surface area contributed by atoms with Crippen molar-refractivity contribution in [2.75, 3.05) is 6.61 Å². The van der Waals surface area contributed by atoms with Crippen molar-refractivity contribution < 1.29 is 27.4 Å². The summed E-state index contributed by atoms with van der Waals surface area (Å²) in [7, 11) is 0. The topological polar surface area (TPSA) is 35.5 Å². The maximum atomic E-state index is 12.0. The first-order valence-electron chi connectivity index (χ1n) is 5.22. The summed E-state index contributed by atoms with van der Waals surface area (Å²) in [5.74, 6) is -1.04. The lowest BCUT2D eigenvalue weighted by Crippen LogP contribution is -2.17. The molecule has 0 heterocycles. The van der Waals surface area contributed by atoms with E-state index in [0.29, 0.717) is 5.56 Å². The van der Waals surface area contributed by atoms with E-state index >= 15 is 0 Å². The van der Waals surface area contributed by atoms with Gasteiger partial charge in [-0.2, -0.15) is 0 Å². The van der Waals surface area contributed by atoms with Gasteiger partial charge in [0, 0.05) is 6.08 Å². The Bertz CT molecular complexity index is 484. The van der Waals surface area contributed by atoms with Crippen molar-refractivity contribution >= 4 is 23.6 Å². The van der Waals surface area contributed by atoms with Crippen LogP contribution in [0, 0.1) is 0 Å². The molecule has 0 aliphatic carbocycles. The Morgan fingerprint density at radius 2 is 2.11 bits per heavy atom. The summed E-state index contributed by atoms with van der Waals surface area (Å²) in [4.78, 5) is 11.0. The van der Waals surface area contributed by atoms with Crippen molar-refractivity contribution in [3.05, 3.63) is 34.9 Å². The smallest absolute Gasteiger partial charge is 0.463 e. The summed E-state index contributed by atoms with van der Waals surface area (Å²) in [6.45, 7) is 1.90. The minimum absolute atomic E-state index is 0.205. The maximum absolute atomic E-state index is 12.0. The number of benzene rings is 1. The molecule has 0 bridgehead atoms. The van der Waals surface area contributed by atoms with Crippen LogP contribution in [0.1, 0.15) is 12.5 Å². The summed E-state index contributed by atoms with van der Waals surface area (Å²) in [5.41, 5.74) is 0.451. The molecule has 0 N–H and O–H groups in total. The van der Waals surface area contributed by atoms with E-state index in [1.165, 1.54) is 18.2 Å². The Morgan fingerprint density at radius 3 is 2.63 bits per heavy atom. The third-order valence-corrected chi connectivity index (χ3v) is 2.18. The number of hydrogen-bond donors (Lipinski definition) is 0. The van der Waals surface area contributed by atoms with Crippen LogP contribution in [0.25, 0.3) is 6.08 Å². The lowest BCUT2D eigenvalue weighted by Gasteiger charge is -2.10. The summed E-state index contributed by atoms with van der Waals surface area (Å²) in [5, 5.41) is -0.205. The van der Waals surface area contributed by atoms with E-state index in [4.69, 9.17) is 11.6 Å². The van der Waals surface area contributed by atoms with Crippen LogP contribution in [0.5, 0.6) is 5.75 Å². The summed E-state index contributed by atoms with van der Waals surface area (Å²) >= 11 is 5.64. The molecule has 0 aliphatic heterocycles. The molecule has 1 aromatic rings. The molecule has 19 heavy (non-hydrogen) atoms. The van der Waals surface area contributed by atoms with Gasteiger partial charge < -0.3 is 9.47 Å². The average molecular weight is 295 g/mol. The number of alkyl halides is 3. The maximum Gasteiger partial charge on any atom is 0.573 e. The molecular weight excluding hydrogens is 285 g/mol. The molecule has 104 valence electrons. The van der Waals surface area contributed by atoms with Crippen LogP contribution in [0.2, 0.25) is 5.02 Å². The molecule has 0 atom stereocenters. The molecular formula is C12H10ClF3O3. The van der Waals surface area contributed by atoms with E-state index in [9.17, 15) is 18.0 Å². The predicted molar refractivity (Wildman–Crippen MR) is 63.8 cm³/mol. The van der Waals surface area contributed by atoms with Crippen LogP contribution < -0.4 is 4.74 Å². The number of rotatable bonds is 4. The van der Waals surface area contributed by atoms with Crippen LogP contribution in [0.4, 0.5) is 13.2 Å². The minimum Gasteiger partial charge on any atom is -0.463 e. The molecule has 0 aliphatic rings. The van der Waals surface area contributed by atoms with Crippen molar-refractivity contribution in [1.82, 2.24) is 0 Å². The normalized spacial score (nSPS) is 11.6. The fourth-order valence-electron chi connectivity index (χ4n) is 1.18. The van der Waals surface area contributed by atoms with Crippen LogP contribution in [0.3, 0.4) is 0 Å². The van der Waals surface area contributed by atoms with Gasteiger partial charge in [-0.3, -0.25) is 0 Å². The van der Waals surface area contributed by atoms with Gasteiger partial charge >= 0.3 is 12.3 Å². The van der Waals surface area contributed by atoms with Crippen LogP contribution in [0.15, 0.2) is 24.3 Å². The van der Waals surface area contributed by atoms with E-state index in [1.54, 1.807) is 6.92 Å². The molecule has 7 heteroatoms. The van der Waals surface area contributed by atoms with Gasteiger partial charge in [0.25, 0.3) is 0 Å². The Hall–Kier alpha value is -1.69. The Labute approximate surface area is 112 Å². The first-order valence-corrected chi connectivity index (χ1v) is 5.59. The third-order valence-electron chi connectivity index (χ3n) is 1.88. The van der Waals surface area contributed by atoms with Gasteiger partial charge in [0.05, 0.1) is 11.6 Å². The van der Waals surface area contributed by atoms with E-state index in [1.807, 2.05) is 0 Å². The van der Waals surface area contributed by atoms with Crippen molar-refractivity contribution in [3.63, 3.8) is 0 Å². The highest BCUT2D eigenvalue weighted by molar-refractivity contribution is 6.32. The Balaban J connectivity index is 2.80. The lowest BCUT2D eigenvalue weighted by molar-refractivity contribution is -0.274. The van der Waals surface area contributed by atoms with Gasteiger partial charge in [-0.25, -0.2) is 4.79 Å². The van der Waals surface area contributed by atoms with E-state index in [2.05, 4.69) is 9.47 Å². The molecule has 0 fully saturated rings. The highest BCUT2D eigenvalue weighted by atomic mass is 35.5. The fraction of sp³-hybridized carbons (Fsp3) is 0.250. The van der Waals surface area contributed by atoms with Gasteiger partial charge in [-0.1, -0.05) is 17.7 Å². The lowest BCUT2D eigenvalue weighted by atomic mass is 10.2. The molecule has 0 radical (unpaired) electrons. The van der Waals surface area contributed by atoms with Gasteiger partial charge in [0.15, 0.2) is 0 Å². The van der Waals surface area contributed by atoms with Crippen molar-refractivity contribution in [2.24, 2.45) is 0 Å². The molecule has 0 saturated carbocycles. The molecule has 0 amide bonds. The van der Waals surface area contributed by atoms with Gasteiger partial charge in [0.1, 0.15) is 5.75 Å². The zero-order valence-electron chi connectivity index (χ0n) is 9.83. The van der Waals surface area contributed by atoms with Gasteiger partial charge in [-0.15, -0.1) is 13.2 Å². The second-order valence-electron chi connectivity index (χ2n) is 3.32. The highest BCUT2D eigenvalue weighted by Gasteiger charge is 2.31. The molecule has 1 aromatic carbocycles. The van der Waals surface area contributed by atoms with Crippen LogP contribution in [-0.4, -0.2) is 18.9 Å². The number of esters is 1. The first-order chi connectivity index (χ1) is 8.81. The quantitative estimate of drug-likeness (QED) is 0.625. The third kappa shape index (κ3) is 5.65. The molecule has 3 nitrogen and oxygen atoms in total. The van der Waals surface area contributed by atoms with Crippen molar-refractivity contribution in [3.8, 4) is 5.75 Å². The second kappa shape index (κ2) is 6.47. The number of ether oxygens (including phenoxy) is 2. The Kier molecular flexibility index (Phi) is 5.23. The van der Waals surface area contributed by atoms with Gasteiger partial charge in [-0.05, 0) is 30.7 Å².